The molecule has 0 aliphatic rings. The van der Waals surface area contributed by atoms with Crippen LogP contribution in [0.1, 0.15) is 162 Å². The number of nitrogens with zero attached hydrogens (tertiary/aromatic N) is 1. The summed E-state index contributed by atoms with van der Waals surface area (Å²) >= 11 is 0. The van der Waals surface area contributed by atoms with Crippen LogP contribution in [0.2, 0.25) is 0 Å². The van der Waals surface area contributed by atoms with Gasteiger partial charge in [-0.25, -0.2) is 4.57 Å². The Bertz CT molecular complexity index is 900. The van der Waals surface area contributed by atoms with Crippen molar-refractivity contribution in [3.8, 4) is 0 Å². The lowest BCUT2D eigenvalue weighted by Gasteiger charge is -2.24. The molecule has 0 heterocycles. The molecule has 0 amide bonds. The lowest BCUT2D eigenvalue weighted by Crippen LogP contribution is -2.37. The summed E-state index contributed by atoms with van der Waals surface area (Å²) in [5.74, 6) is -0.324. The number of unbranched alkanes of at least 4 members (excludes halogenated alkanes) is 17. The topological polar surface area (TPSA) is 91.3 Å². The predicted molar refractivity (Wildman–Crippen MR) is 210 cm³/mol. The molecule has 0 aliphatic heterocycles. The number of esters is 1. The Morgan fingerprint density at radius 2 is 1.16 bits per heavy atom. The van der Waals surface area contributed by atoms with Gasteiger partial charge in [0, 0.05) is 13.0 Å². The SMILES string of the molecule is CC/C=C\C/C=C\C/C=C\CCCCCCCCCC(=O)OC(COCCCCCCCCCCCCC)COP(=O)(O)OCC[N+](C)(C)C. The molecule has 0 aromatic heterocycles. The number of allylic oxidation sites excluding steroid dienone is 6. The predicted octanol–water partition coefficient (Wildman–Crippen LogP) is 11.4. The standard InChI is InChI=1S/C41H78NO7P/c1-6-8-10-12-14-16-18-19-20-21-22-23-24-26-28-30-32-34-41(43)49-40(39-48-50(44,45)47-37-35-42(3,4)5)38-46-36-33-31-29-27-25-17-15-13-11-9-7-2/h8,10,14,16,19-20,40H,6-7,9,11-13,15,17-18,21-39H2,1-5H3/p+1/b10-8-,16-14-,20-19-. The first-order valence-corrected chi connectivity index (χ1v) is 21.7. The zero-order valence-electron chi connectivity index (χ0n) is 33.1. The number of likely N-dealkylation sites (N-methyl/N-ethyl adjacent to an activating group) is 1. The minimum absolute atomic E-state index is 0.0869. The number of carbonyl (C=O) groups is 1. The van der Waals surface area contributed by atoms with Crippen LogP contribution in [0.5, 0.6) is 0 Å². The second kappa shape index (κ2) is 34.8. The van der Waals surface area contributed by atoms with Crippen molar-refractivity contribution in [3.05, 3.63) is 36.5 Å². The quantitative estimate of drug-likeness (QED) is 0.0224. The van der Waals surface area contributed by atoms with Crippen LogP contribution in [0.4, 0.5) is 0 Å². The minimum atomic E-state index is -4.27. The van der Waals surface area contributed by atoms with E-state index in [-0.39, 0.29) is 25.8 Å². The molecule has 0 saturated heterocycles. The van der Waals surface area contributed by atoms with Gasteiger partial charge in [0.2, 0.25) is 0 Å². The summed E-state index contributed by atoms with van der Waals surface area (Å²) in [5, 5.41) is 0. The van der Waals surface area contributed by atoms with E-state index < -0.39 is 13.9 Å². The van der Waals surface area contributed by atoms with Crippen LogP contribution in [0.15, 0.2) is 36.5 Å². The lowest BCUT2D eigenvalue weighted by molar-refractivity contribution is -0.870. The van der Waals surface area contributed by atoms with Crippen molar-refractivity contribution in [2.45, 2.75) is 168 Å². The highest BCUT2D eigenvalue weighted by Gasteiger charge is 2.26. The summed E-state index contributed by atoms with van der Waals surface area (Å²) < 4.78 is 34.9. The van der Waals surface area contributed by atoms with Gasteiger partial charge in [-0.2, -0.15) is 0 Å². The number of rotatable bonds is 37. The first-order valence-electron chi connectivity index (χ1n) is 20.2. The van der Waals surface area contributed by atoms with Gasteiger partial charge in [0.25, 0.3) is 0 Å². The molecule has 50 heavy (non-hydrogen) atoms. The lowest BCUT2D eigenvalue weighted by atomic mass is 10.1. The van der Waals surface area contributed by atoms with Crippen molar-refractivity contribution < 1.29 is 37.3 Å². The van der Waals surface area contributed by atoms with E-state index in [4.69, 9.17) is 18.5 Å². The number of ether oxygens (including phenoxy) is 2. The van der Waals surface area contributed by atoms with E-state index in [2.05, 4.69) is 50.3 Å². The Morgan fingerprint density at radius 1 is 0.640 bits per heavy atom. The molecule has 9 heteroatoms. The molecule has 0 fully saturated rings. The fraction of sp³-hybridized carbons (Fsp3) is 0.829. The van der Waals surface area contributed by atoms with Gasteiger partial charge in [-0.3, -0.25) is 13.8 Å². The maximum Gasteiger partial charge on any atom is 0.472 e. The highest BCUT2D eigenvalue weighted by molar-refractivity contribution is 7.47. The van der Waals surface area contributed by atoms with Crippen LogP contribution in [0.25, 0.3) is 0 Å². The van der Waals surface area contributed by atoms with Gasteiger partial charge in [0.05, 0.1) is 34.4 Å². The smallest absolute Gasteiger partial charge is 0.457 e. The van der Waals surface area contributed by atoms with E-state index in [9.17, 15) is 14.3 Å². The molecule has 0 saturated carbocycles. The average molecular weight is 729 g/mol. The summed E-state index contributed by atoms with van der Waals surface area (Å²) in [7, 11) is 1.66. The summed E-state index contributed by atoms with van der Waals surface area (Å²) in [6.07, 6.45) is 38.8. The Labute approximate surface area is 308 Å². The summed E-state index contributed by atoms with van der Waals surface area (Å²) in [5.41, 5.74) is 0. The van der Waals surface area contributed by atoms with Gasteiger partial charge < -0.3 is 18.9 Å². The van der Waals surface area contributed by atoms with Crippen LogP contribution in [0.3, 0.4) is 0 Å². The third kappa shape index (κ3) is 38.0. The van der Waals surface area contributed by atoms with Crippen molar-refractivity contribution >= 4 is 13.8 Å². The van der Waals surface area contributed by atoms with E-state index in [0.717, 1.165) is 57.8 Å². The van der Waals surface area contributed by atoms with Crippen LogP contribution < -0.4 is 0 Å². The first kappa shape index (κ1) is 48.7. The van der Waals surface area contributed by atoms with Crippen LogP contribution in [-0.4, -0.2) is 75.6 Å². The highest BCUT2D eigenvalue weighted by atomic mass is 31.2. The molecule has 8 nitrogen and oxygen atoms in total. The van der Waals surface area contributed by atoms with Crippen molar-refractivity contribution in [2.75, 3.05) is 54.1 Å². The molecule has 2 unspecified atom stereocenters. The Balaban J connectivity index is 4.27. The van der Waals surface area contributed by atoms with E-state index in [0.29, 0.717) is 24.1 Å². The summed E-state index contributed by atoms with van der Waals surface area (Å²) in [6.45, 7) is 5.50. The van der Waals surface area contributed by atoms with Gasteiger partial charge in [0.15, 0.2) is 0 Å². The zero-order valence-corrected chi connectivity index (χ0v) is 34.0. The fourth-order valence-electron chi connectivity index (χ4n) is 5.33. The summed E-state index contributed by atoms with van der Waals surface area (Å²) in [4.78, 5) is 22.8. The average Bonchev–Trinajstić information content (AvgIpc) is 3.06. The van der Waals surface area contributed by atoms with Crippen molar-refractivity contribution in [3.63, 3.8) is 0 Å². The molecule has 294 valence electrons. The molecular weight excluding hydrogens is 649 g/mol. The third-order valence-electron chi connectivity index (χ3n) is 8.47. The number of hydrogen-bond donors (Lipinski definition) is 1. The van der Waals surface area contributed by atoms with Crippen molar-refractivity contribution in [1.29, 1.82) is 0 Å². The van der Waals surface area contributed by atoms with Crippen molar-refractivity contribution in [2.24, 2.45) is 0 Å². The molecular formula is C41H79NO7P+. The molecule has 0 radical (unpaired) electrons. The number of quaternary nitrogens is 1. The van der Waals surface area contributed by atoms with Gasteiger partial charge in [-0.1, -0.05) is 147 Å². The zero-order chi connectivity index (χ0) is 37.0. The number of carbonyl (C=O) groups excluding carboxylic acids is 1. The number of phosphoric acid groups is 1. The van der Waals surface area contributed by atoms with Gasteiger partial charge in [-0.15, -0.1) is 0 Å². The largest absolute Gasteiger partial charge is 0.472 e. The number of phosphoric ester groups is 1. The van der Waals surface area contributed by atoms with E-state index in [1.54, 1.807) is 0 Å². The second-order valence-corrected chi connectivity index (χ2v) is 16.1. The molecule has 1 N–H and O–H groups in total. The maximum atomic E-state index is 12.6. The molecule has 2 atom stereocenters. The Hall–Kier alpha value is -1.28. The van der Waals surface area contributed by atoms with E-state index in [1.807, 2.05) is 21.1 Å². The summed E-state index contributed by atoms with van der Waals surface area (Å²) in [6, 6.07) is 0. The second-order valence-electron chi connectivity index (χ2n) is 14.6. The number of hydrogen-bond acceptors (Lipinski definition) is 6. The molecule has 0 aromatic rings. The van der Waals surface area contributed by atoms with Gasteiger partial charge in [-0.05, 0) is 44.9 Å². The Morgan fingerprint density at radius 3 is 1.74 bits per heavy atom. The molecule has 0 bridgehead atoms. The molecule has 0 rings (SSSR count). The van der Waals surface area contributed by atoms with Crippen LogP contribution in [-0.2, 0) is 27.9 Å². The maximum absolute atomic E-state index is 12.6. The molecule has 0 spiro atoms. The van der Waals surface area contributed by atoms with Crippen LogP contribution in [0, 0.1) is 0 Å². The normalized spacial score (nSPS) is 14.3. The highest BCUT2D eigenvalue weighted by Crippen LogP contribution is 2.43. The van der Waals surface area contributed by atoms with Crippen LogP contribution >= 0.6 is 7.82 Å². The Kier molecular flexibility index (Phi) is 33.9. The van der Waals surface area contributed by atoms with Gasteiger partial charge >= 0.3 is 13.8 Å². The van der Waals surface area contributed by atoms with E-state index >= 15 is 0 Å². The molecule has 0 aliphatic carbocycles. The third-order valence-corrected chi connectivity index (χ3v) is 9.45. The minimum Gasteiger partial charge on any atom is -0.457 e. The van der Waals surface area contributed by atoms with Crippen molar-refractivity contribution in [1.82, 2.24) is 0 Å². The van der Waals surface area contributed by atoms with Gasteiger partial charge in [0.1, 0.15) is 19.3 Å². The molecule has 0 aromatic carbocycles. The van der Waals surface area contributed by atoms with E-state index in [1.165, 1.54) is 83.5 Å². The fourth-order valence-corrected chi connectivity index (χ4v) is 6.07. The first-order chi connectivity index (χ1) is 24.1. The monoisotopic (exact) mass is 729 g/mol.